The fourth-order valence-electron chi connectivity index (χ4n) is 3.45. The summed E-state index contributed by atoms with van der Waals surface area (Å²) in [5.41, 5.74) is 7.84. The third kappa shape index (κ3) is 3.43. The van der Waals surface area contributed by atoms with E-state index in [4.69, 9.17) is 10.5 Å². The Labute approximate surface area is 137 Å². The van der Waals surface area contributed by atoms with E-state index in [1.54, 1.807) is 7.11 Å². The Bertz CT molecular complexity index is 474. The third-order valence-corrected chi connectivity index (χ3v) is 5.81. The first-order chi connectivity index (χ1) is 10.1. The van der Waals surface area contributed by atoms with Crippen molar-refractivity contribution in [1.82, 2.24) is 4.90 Å². The van der Waals surface area contributed by atoms with E-state index in [1.165, 1.54) is 24.8 Å². The number of hydrogen-bond donors (Lipinski definition) is 1. The molecule has 1 saturated heterocycles. The van der Waals surface area contributed by atoms with Crippen LogP contribution in [0, 0.1) is 5.41 Å². The Balaban J connectivity index is 2.19. The van der Waals surface area contributed by atoms with Crippen LogP contribution >= 0.6 is 15.9 Å². The van der Waals surface area contributed by atoms with Crippen molar-refractivity contribution < 1.29 is 4.74 Å². The number of methoxy groups -OCH3 is 1. The smallest absolute Gasteiger partial charge is 0.133 e. The molecular formula is C17H27BrN2O. The molecular weight excluding hydrogens is 328 g/mol. The average Bonchev–Trinajstić information content (AvgIpc) is 2.93. The van der Waals surface area contributed by atoms with Crippen molar-refractivity contribution >= 4 is 15.9 Å². The van der Waals surface area contributed by atoms with Gasteiger partial charge >= 0.3 is 0 Å². The van der Waals surface area contributed by atoms with Gasteiger partial charge in [-0.15, -0.1) is 0 Å². The SMILES string of the molecule is CCC1(CC)CCN(C(CN)c2ccc(OC)c(Br)c2)C1. The van der Waals surface area contributed by atoms with Crippen LogP contribution in [0.5, 0.6) is 5.75 Å². The second-order valence-electron chi connectivity index (χ2n) is 6.07. The molecule has 1 heterocycles. The summed E-state index contributed by atoms with van der Waals surface area (Å²) < 4.78 is 6.31. The maximum Gasteiger partial charge on any atom is 0.133 e. The maximum atomic E-state index is 6.09. The molecule has 0 aliphatic carbocycles. The Kier molecular flexibility index (Phi) is 5.69. The summed E-state index contributed by atoms with van der Waals surface area (Å²) in [6.45, 7) is 7.59. The standard InChI is InChI=1S/C17H27BrN2O/c1-4-17(5-2)8-9-20(12-17)15(11-19)13-6-7-16(21-3)14(18)10-13/h6-7,10,15H,4-5,8-9,11-12,19H2,1-3H3. The molecule has 1 aliphatic rings. The van der Waals surface area contributed by atoms with Gasteiger partial charge < -0.3 is 10.5 Å². The zero-order valence-corrected chi connectivity index (χ0v) is 14.9. The number of nitrogens with zero attached hydrogens (tertiary/aromatic N) is 1. The molecule has 3 nitrogen and oxygen atoms in total. The van der Waals surface area contributed by atoms with Crippen molar-refractivity contribution in [2.45, 2.75) is 39.2 Å². The Hall–Kier alpha value is -0.580. The van der Waals surface area contributed by atoms with Gasteiger partial charge in [-0.2, -0.15) is 0 Å². The molecule has 1 aromatic carbocycles. The van der Waals surface area contributed by atoms with Crippen LogP contribution in [0.25, 0.3) is 0 Å². The fourth-order valence-corrected chi connectivity index (χ4v) is 4.01. The average molecular weight is 355 g/mol. The Morgan fingerprint density at radius 3 is 2.57 bits per heavy atom. The first kappa shape index (κ1) is 16.8. The normalized spacial score (nSPS) is 19.7. The summed E-state index contributed by atoms with van der Waals surface area (Å²) in [4.78, 5) is 2.56. The lowest BCUT2D eigenvalue weighted by Crippen LogP contribution is -2.34. The number of likely N-dealkylation sites (tertiary alicyclic amines) is 1. The van der Waals surface area contributed by atoms with Crippen molar-refractivity contribution in [3.63, 3.8) is 0 Å². The number of rotatable bonds is 6. The van der Waals surface area contributed by atoms with Gasteiger partial charge in [0.05, 0.1) is 11.6 Å². The quantitative estimate of drug-likeness (QED) is 0.839. The van der Waals surface area contributed by atoms with Gasteiger partial charge in [-0.3, -0.25) is 4.90 Å². The zero-order valence-electron chi connectivity index (χ0n) is 13.4. The van der Waals surface area contributed by atoms with Crippen molar-refractivity contribution in [2.24, 2.45) is 11.1 Å². The molecule has 4 heteroatoms. The molecule has 118 valence electrons. The molecule has 1 atom stereocenters. The monoisotopic (exact) mass is 354 g/mol. The van der Waals surface area contributed by atoms with Gasteiger partial charge in [0.2, 0.25) is 0 Å². The van der Waals surface area contributed by atoms with E-state index in [-0.39, 0.29) is 0 Å². The molecule has 0 amide bonds. The predicted molar refractivity (Wildman–Crippen MR) is 91.7 cm³/mol. The van der Waals surface area contributed by atoms with Crippen molar-refractivity contribution in [2.75, 3.05) is 26.7 Å². The van der Waals surface area contributed by atoms with Crippen LogP contribution in [-0.2, 0) is 0 Å². The van der Waals surface area contributed by atoms with Crippen LogP contribution in [0.1, 0.15) is 44.7 Å². The minimum Gasteiger partial charge on any atom is -0.496 e. The summed E-state index contributed by atoms with van der Waals surface area (Å²) >= 11 is 3.58. The molecule has 0 bridgehead atoms. The zero-order chi connectivity index (χ0) is 15.5. The predicted octanol–water partition coefficient (Wildman–Crippen LogP) is 3.97. The summed E-state index contributed by atoms with van der Waals surface area (Å²) in [5.74, 6) is 0.868. The second-order valence-corrected chi connectivity index (χ2v) is 6.93. The molecule has 1 fully saturated rings. The molecule has 2 N–H and O–H groups in total. The van der Waals surface area contributed by atoms with Crippen LogP contribution in [0.2, 0.25) is 0 Å². The molecule has 0 saturated carbocycles. The van der Waals surface area contributed by atoms with E-state index >= 15 is 0 Å². The largest absolute Gasteiger partial charge is 0.496 e. The van der Waals surface area contributed by atoms with Gasteiger partial charge in [-0.25, -0.2) is 0 Å². The third-order valence-electron chi connectivity index (χ3n) is 5.19. The highest BCUT2D eigenvalue weighted by Crippen LogP contribution is 2.41. The summed E-state index contributed by atoms with van der Waals surface area (Å²) in [6.07, 6.45) is 3.79. The second kappa shape index (κ2) is 7.12. The summed E-state index contributed by atoms with van der Waals surface area (Å²) in [5, 5.41) is 0. The number of halogens is 1. The van der Waals surface area contributed by atoms with E-state index in [1.807, 2.05) is 6.07 Å². The van der Waals surface area contributed by atoms with E-state index in [0.29, 0.717) is 18.0 Å². The van der Waals surface area contributed by atoms with E-state index in [9.17, 15) is 0 Å². The lowest BCUT2D eigenvalue weighted by atomic mass is 9.82. The number of nitrogens with two attached hydrogens (primary N) is 1. The number of ether oxygens (including phenoxy) is 1. The molecule has 21 heavy (non-hydrogen) atoms. The highest BCUT2D eigenvalue weighted by Gasteiger charge is 2.37. The first-order valence-electron chi connectivity index (χ1n) is 7.86. The van der Waals surface area contributed by atoms with Crippen LogP contribution in [0.15, 0.2) is 22.7 Å². The molecule has 0 aromatic heterocycles. The van der Waals surface area contributed by atoms with Gasteiger partial charge in [0.1, 0.15) is 5.75 Å². The van der Waals surface area contributed by atoms with Gasteiger partial charge in [-0.05, 0) is 64.8 Å². The van der Waals surface area contributed by atoms with E-state index in [2.05, 4.69) is 46.8 Å². The van der Waals surface area contributed by atoms with Crippen LogP contribution in [0.3, 0.4) is 0 Å². The molecule has 2 rings (SSSR count). The summed E-state index contributed by atoms with van der Waals surface area (Å²) in [7, 11) is 1.69. The van der Waals surface area contributed by atoms with Gasteiger partial charge in [0.15, 0.2) is 0 Å². The van der Waals surface area contributed by atoms with Gasteiger partial charge in [-0.1, -0.05) is 19.9 Å². The summed E-state index contributed by atoms with van der Waals surface area (Å²) in [6, 6.07) is 6.60. The molecule has 1 unspecified atom stereocenters. The number of benzene rings is 1. The Morgan fingerprint density at radius 2 is 2.10 bits per heavy atom. The van der Waals surface area contributed by atoms with E-state index < -0.39 is 0 Å². The highest BCUT2D eigenvalue weighted by molar-refractivity contribution is 9.10. The topological polar surface area (TPSA) is 38.5 Å². The minimum absolute atomic E-state index is 0.298. The highest BCUT2D eigenvalue weighted by atomic mass is 79.9. The van der Waals surface area contributed by atoms with Gasteiger partial charge in [0.25, 0.3) is 0 Å². The lowest BCUT2D eigenvalue weighted by molar-refractivity contribution is 0.197. The van der Waals surface area contributed by atoms with Crippen molar-refractivity contribution in [3.8, 4) is 5.75 Å². The van der Waals surface area contributed by atoms with Crippen molar-refractivity contribution in [1.29, 1.82) is 0 Å². The molecule has 0 radical (unpaired) electrons. The van der Waals surface area contributed by atoms with Crippen molar-refractivity contribution in [3.05, 3.63) is 28.2 Å². The lowest BCUT2D eigenvalue weighted by Gasteiger charge is -2.31. The fraction of sp³-hybridized carbons (Fsp3) is 0.647. The molecule has 1 aliphatic heterocycles. The molecule has 0 spiro atoms. The van der Waals surface area contributed by atoms with Crippen LogP contribution in [0.4, 0.5) is 0 Å². The maximum absolute atomic E-state index is 6.09. The van der Waals surface area contributed by atoms with Crippen LogP contribution < -0.4 is 10.5 Å². The Morgan fingerprint density at radius 1 is 1.38 bits per heavy atom. The van der Waals surface area contributed by atoms with Gasteiger partial charge in [0, 0.05) is 19.1 Å². The minimum atomic E-state index is 0.298. The molecule has 1 aromatic rings. The van der Waals surface area contributed by atoms with E-state index in [0.717, 1.165) is 23.3 Å². The van der Waals surface area contributed by atoms with Crippen LogP contribution in [-0.4, -0.2) is 31.6 Å². The number of hydrogen-bond acceptors (Lipinski definition) is 3. The first-order valence-corrected chi connectivity index (χ1v) is 8.66.